The first-order valence-electron chi connectivity index (χ1n) is 7.94. The van der Waals surface area contributed by atoms with E-state index in [1.807, 2.05) is 0 Å². The molecule has 0 saturated carbocycles. The SMILES string of the molecule is COc1ccc(C(=O)NCc2ccc(Oc3ccc(F)cc3)nc2)cc1. The van der Waals surface area contributed by atoms with Crippen LogP contribution in [0.3, 0.4) is 0 Å². The second-order valence-corrected chi connectivity index (χ2v) is 5.47. The number of methoxy groups -OCH3 is 1. The number of benzene rings is 2. The number of ether oxygens (including phenoxy) is 2. The van der Waals surface area contributed by atoms with Crippen LogP contribution >= 0.6 is 0 Å². The highest BCUT2D eigenvalue weighted by Crippen LogP contribution is 2.19. The summed E-state index contributed by atoms with van der Waals surface area (Å²) in [5.74, 6) is 1.08. The van der Waals surface area contributed by atoms with Crippen LogP contribution < -0.4 is 14.8 Å². The third-order valence-corrected chi connectivity index (χ3v) is 3.64. The average Bonchev–Trinajstić information content (AvgIpc) is 2.69. The number of carbonyl (C=O) groups excluding carboxylic acids is 1. The summed E-state index contributed by atoms with van der Waals surface area (Å²) in [6.07, 6.45) is 1.62. The number of carbonyl (C=O) groups is 1. The van der Waals surface area contributed by atoms with Crippen molar-refractivity contribution in [2.24, 2.45) is 0 Å². The minimum Gasteiger partial charge on any atom is -0.497 e. The van der Waals surface area contributed by atoms with Crippen LogP contribution in [0.15, 0.2) is 66.9 Å². The van der Waals surface area contributed by atoms with Gasteiger partial charge in [-0.2, -0.15) is 0 Å². The van der Waals surface area contributed by atoms with E-state index in [-0.39, 0.29) is 11.7 Å². The predicted octanol–water partition coefficient (Wildman–Crippen LogP) is 3.95. The zero-order chi connectivity index (χ0) is 18.4. The Labute approximate surface area is 150 Å². The van der Waals surface area contributed by atoms with Crippen LogP contribution in [0.4, 0.5) is 4.39 Å². The molecule has 0 fully saturated rings. The van der Waals surface area contributed by atoms with Crippen molar-refractivity contribution in [1.82, 2.24) is 10.3 Å². The van der Waals surface area contributed by atoms with Gasteiger partial charge in [0, 0.05) is 24.4 Å². The lowest BCUT2D eigenvalue weighted by Crippen LogP contribution is -2.22. The van der Waals surface area contributed by atoms with Crippen molar-refractivity contribution in [2.75, 3.05) is 7.11 Å². The smallest absolute Gasteiger partial charge is 0.251 e. The summed E-state index contributed by atoms with van der Waals surface area (Å²) in [5.41, 5.74) is 1.38. The van der Waals surface area contributed by atoms with Crippen LogP contribution in [0.25, 0.3) is 0 Å². The highest BCUT2D eigenvalue weighted by molar-refractivity contribution is 5.94. The molecular formula is C20H17FN2O3. The summed E-state index contributed by atoms with van der Waals surface area (Å²) < 4.78 is 23.5. The largest absolute Gasteiger partial charge is 0.497 e. The molecule has 5 nitrogen and oxygen atoms in total. The van der Waals surface area contributed by atoms with E-state index in [9.17, 15) is 9.18 Å². The van der Waals surface area contributed by atoms with Gasteiger partial charge in [-0.15, -0.1) is 0 Å². The van der Waals surface area contributed by atoms with Gasteiger partial charge >= 0.3 is 0 Å². The molecule has 0 radical (unpaired) electrons. The van der Waals surface area contributed by atoms with Gasteiger partial charge in [0.1, 0.15) is 17.3 Å². The van der Waals surface area contributed by atoms with Crippen LogP contribution in [0.1, 0.15) is 15.9 Å². The monoisotopic (exact) mass is 352 g/mol. The van der Waals surface area contributed by atoms with Crippen molar-refractivity contribution in [2.45, 2.75) is 6.54 Å². The van der Waals surface area contributed by atoms with E-state index < -0.39 is 0 Å². The highest BCUT2D eigenvalue weighted by atomic mass is 19.1. The molecule has 0 bridgehead atoms. The molecule has 0 saturated heterocycles. The Hall–Kier alpha value is -3.41. The van der Waals surface area contributed by atoms with Crippen molar-refractivity contribution in [3.8, 4) is 17.4 Å². The first kappa shape index (κ1) is 17.4. The van der Waals surface area contributed by atoms with E-state index in [0.29, 0.717) is 29.5 Å². The highest BCUT2D eigenvalue weighted by Gasteiger charge is 2.06. The number of aromatic nitrogens is 1. The molecule has 1 aromatic heterocycles. The zero-order valence-corrected chi connectivity index (χ0v) is 14.1. The van der Waals surface area contributed by atoms with Gasteiger partial charge in [0.15, 0.2) is 0 Å². The Bertz CT molecular complexity index is 863. The van der Waals surface area contributed by atoms with Crippen LogP contribution in [-0.4, -0.2) is 18.0 Å². The number of rotatable bonds is 6. The van der Waals surface area contributed by atoms with E-state index in [4.69, 9.17) is 9.47 Å². The number of nitrogens with one attached hydrogen (secondary N) is 1. The Morgan fingerprint density at radius 1 is 1.00 bits per heavy atom. The molecule has 2 aromatic carbocycles. The summed E-state index contributed by atoms with van der Waals surface area (Å²) >= 11 is 0. The zero-order valence-electron chi connectivity index (χ0n) is 14.1. The van der Waals surface area contributed by atoms with Gasteiger partial charge in [-0.25, -0.2) is 9.37 Å². The Morgan fingerprint density at radius 2 is 1.69 bits per heavy atom. The minimum atomic E-state index is -0.326. The molecule has 0 unspecified atom stereocenters. The van der Waals surface area contributed by atoms with Crippen molar-refractivity contribution in [1.29, 1.82) is 0 Å². The van der Waals surface area contributed by atoms with Crippen LogP contribution in [0.5, 0.6) is 17.4 Å². The van der Waals surface area contributed by atoms with Gasteiger partial charge in [0.25, 0.3) is 5.91 Å². The number of amides is 1. The Kier molecular flexibility index (Phi) is 5.43. The number of halogens is 1. The van der Waals surface area contributed by atoms with Gasteiger partial charge in [-0.3, -0.25) is 4.79 Å². The molecule has 0 atom stereocenters. The Balaban J connectivity index is 1.55. The predicted molar refractivity (Wildman–Crippen MR) is 94.9 cm³/mol. The first-order valence-corrected chi connectivity index (χ1v) is 7.94. The quantitative estimate of drug-likeness (QED) is 0.730. The lowest BCUT2D eigenvalue weighted by molar-refractivity contribution is 0.0951. The molecule has 0 aliphatic heterocycles. The van der Waals surface area contributed by atoms with E-state index in [1.165, 1.54) is 24.3 Å². The molecule has 0 spiro atoms. The first-order chi connectivity index (χ1) is 12.6. The van der Waals surface area contributed by atoms with Gasteiger partial charge in [0.05, 0.1) is 7.11 Å². The summed E-state index contributed by atoms with van der Waals surface area (Å²) in [6.45, 7) is 0.342. The number of hydrogen-bond acceptors (Lipinski definition) is 4. The maximum Gasteiger partial charge on any atom is 0.251 e. The molecule has 132 valence electrons. The second kappa shape index (κ2) is 8.11. The van der Waals surface area contributed by atoms with Gasteiger partial charge in [0.2, 0.25) is 5.88 Å². The molecule has 26 heavy (non-hydrogen) atoms. The Morgan fingerprint density at radius 3 is 2.31 bits per heavy atom. The summed E-state index contributed by atoms with van der Waals surface area (Å²) in [4.78, 5) is 16.3. The molecule has 0 aliphatic carbocycles. The minimum absolute atomic E-state index is 0.181. The maximum absolute atomic E-state index is 12.9. The van der Waals surface area contributed by atoms with Crippen molar-refractivity contribution >= 4 is 5.91 Å². The molecule has 3 aromatic rings. The van der Waals surface area contributed by atoms with Gasteiger partial charge in [-0.1, -0.05) is 6.07 Å². The summed E-state index contributed by atoms with van der Waals surface area (Å²) in [6, 6.07) is 16.1. The van der Waals surface area contributed by atoms with E-state index in [2.05, 4.69) is 10.3 Å². The van der Waals surface area contributed by atoms with Crippen LogP contribution in [-0.2, 0) is 6.54 Å². The van der Waals surface area contributed by atoms with Gasteiger partial charge in [-0.05, 0) is 54.1 Å². The molecule has 1 amide bonds. The number of pyridine rings is 1. The van der Waals surface area contributed by atoms with Crippen LogP contribution in [0, 0.1) is 5.82 Å². The van der Waals surface area contributed by atoms with Crippen molar-refractivity contribution in [3.05, 3.63) is 83.8 Å². The molecule has 3 rings (SSSR count). The van der Waals surface area contributed by atoms with Gasteiger partial charge < -0.3 is 14.8 Å². The topological polar surface area (TPSA) is 60.5 Å². The number of hydrogen-bond donors (Lipinski definition) is 1. The van der Waals surface area contributed by atoms with Crippen molar-refractivity contribution < 1.29 is 18.7 Å². The van der Waals surface area contributed by atoms with Crippen molar-refractivity contribution in [3.63, 3.8) is 0 Å². The fourth-order valence-electron chi connectivity index (χ4n) is 2.23. The molecule has 1 heterocycles. The lowest BCUT2D eigenvalue weighted by Gasteiger charge is -2.08. The van der Waals surface area contributed by atoms with E-state index >= 15 is 0 Å². The third kappa shape index (κ3) is 4.57. The number of nitrogens with zero attached hydrogens (tertiary/aromatic N) is 1. The normalized spacial score (nSPS) is 10.2. The second-order valence-electron chi connectivity index (χ2n) is 5.47. The standard InChI is InChI=1S/C20H17FN2O3/c1-25-17-7-3-15(4-8-17)20(24)23-13-14-2-11-19(22-12-14)26-18-9-5-16(21)6-10-18/h2-12H,13H2,1H3,(H,23,24). The summed E-state index contributed by atoms with van der Waals surface area (Å²) in [7, 11) is 1.57. The van der Waals surface area contributed by atoms with E-state index in [1.54, 1.807) is 49.7 Å². The fraction of sp³-hybridized carbons (Fsp3) is 0.100. The lowest BCUT2D eigenvalue weighted by atomic mass is 10.2. The fourth-order valence-corrected chi connectivity index (χ4v) is 2.23. The molecule has 1 N–H and O–H groups in total. The van der Waals surface area contributed by atoms with E-state index in [0.717, 1.165) is 5.56 Å². The summed E-state index contributed by atoms with van der Waals surface area (Å²) in [5, 5.41) is 2.83. The molecule has 6 heteroatoms. The average molecular weight is 352 g/mol. The third-order valence-electron chi connectivity index (χ3n) is 3.64. The molecular weight excluding hydrogens is 335 g/mol. The van der Waals surface area contributed by atoms with Crippen LogP contribution in [0.2, 0.25) is 0 Å². The molecule has 0 aliphatic rings. The maximum atomic E-state index is 12.9.